The number of nitrogens with zero attached hydrogens (tertiary/aromatic N) is 1. The number of ether oxygens (including phenoxy) is 1. The lowest BCUT2D eigenvalue weighted by atomic mass is 10.1. The van der Waals surface area contributed by atoms with Gasteiger partial charge in [-0.15, -0.1) is 11.8 Å². The number of carbonyl (C=O) groups is 1. The van der Waals surface area contributed by atoms with Gasteiger partial charge >= 0.3 is 0 Å². The molecule has 0 aromatic heterocycles. The van der Waals surface area contributed by atoms with Crippen molar-refractivity contribution in [2.24, 2.45) is 0 Å². The van der Waals surface area contributed by atoms with E-state index in [1.165, 1.54) is 12.1 Å². The van der Waals surface area contributed by atoms with Gasteiger partial charge in [-0.1, -0.05) is 6.07 Å². The van der Waals surface area contributed by atoms with E-state index in [4.69, 9.17) is 4.74 Å². The zero-order valence-electron chi connectivity index (χ0n) is 13.1. The topological polar surface area (TPSA) is 29.5 Å². The first kappa shape index (κ1) is 16.7. The van der Waals surface area contributed by atoms with Crippen LogP contribution in [0, 0.1) is 11.6 Å². The molecule has 1 aromatic rings. The van der Waals surface area contributed by atoms with E-state index in [0.29, 0.717) is 17.4 Å². The molecule has 0 aliphatic carbocycles. The smallest absolute Gasteiger partial charge is 0.236 e. The first-order chi connectivity index (χ1) is 11.0. The second-order valence-corrected chi connectivity index (χ2v) is 7.61. The fourth-order valence-electron chi connectivity index (χ4n) is 3.15. The number of halogens is 2. The zero-order valence-corrected chi connectivity index (χ0v) is 14.0. The van der Waals surface area contributed by atoms with Crippen LogP contribution in [0.1, 0.15) is 31.7 Å². The Morgan fingerprint density at radius 2 is 2.17 bits per heavy atom. The number of rotatable bonds is 4. The van der Waals surface area contributed by atoms with E-state index in [0.717, 1.165) is 31.9 Å². The van der Waals surface area contributed by atoms with Gasteiger partial charge in [-0.05, 0) is 32.3 Å². The summed E-state index contributed by atoms with van der Waals surface area (Å²) >= 11 is 1.70. The van der Waals surface area contributed by atoms with Crippen molar-refractivity contribution in [1.29, 1.82) is 0 Å². The van der Waals surface area contributed by atoms with Crippen LogP contribution in [0.5, 0.6) is 0 Å². The summed E-state index contributed by atoms with van der Waals surface area (Å²) in [6, 6.07) is 3.52. The van der Waals surface area contributed by atoms with Crippen LogP contribution in [-0.2, 0) is 16.1 Å². The molecule has 2 aliphatic rings. The number of likely N-dealkylation sites (tertiary alicyclic amines) is 1. The molecule has 3 rings (SSSR count). The van der Waals surface area contributed by atoms with Crippen LogP contribution in [0.25, 0.3) is 0 Å². The van der Waals surface area contributed by atoms with Crippen molar-refractivity contribution in [2.75, 3.05) is 13.2 Å². The molecule has 23 heavy (non-hydrogen) atoms. The van der Waals surface area contributed by atoms with Gasteiger partial charge in [0.25, 0.3) is 0 Å². The van der Waals surface area contributed by atoms with Crippen LogP contribution in [0.15, 0.2) is 18.2 Å². The second kappa shape index (κ2) is 7.18. The van der Waals surface area contributed by atoms with Crippen LogP contribution in [0.4, 0.5) is 8.78 Å². The highest BCUT2D eigenvalue weighted by Crippen LogP contribution is 2.34. The van der Waals surface area contributed by atoms with Crippen LogP contribution in [0.2, 0.25) is 0 Å². The quantitative estimate of drug-likeness (QED) is 0.841. The van der Waals surface area contributed by atoms with Crippen LogP contribution in [0.3, 0.4) is 0 Å². The highest BCUT2D eigenvalue weighted by molar-refractivity contribution is 8.01. The molecule has 0 spiro atoms. The summed E-state index contributed by atoms with van der Waals surface area (Å²) in [5.41, 5.74) is 0.364. The Bertz CT molecular complexity index is 584. The van der Waals surface area contributed by atoms with Crippen molar-refractivity contribution in [2.45, 2.75) is 49.3 Å². The van der Waals surface area contributed by atoms with Gasteiger partial charge in [0, 0.05) is 36.6 Å². The maximum Gasteiger partial charge on any atom is 0.236 e. The molecule has 3 atom stereocenters. The molecule has 126 valence electrons. The Hall–Kier alpha value is -1.14. The molecule has 0 radical (unpaired) electrons. The number of benzene rings is 1. The average Bonchev–Trinajstić information content (AvgIpc) is 2.91. The third-order valence-corrected chi connectivity index (χ3v) is 6.24. The highest BCUT2D eigenvalue weighted by atomic mass is 32.2. The van der Waals surface area contributed by atoms with Gasteiger partial charge in [-0.25, -0.2) is 8.78 Å². The molecule has 2 heterocycles. The third-order valence-electron chi connectivity index (χ3n) is 4.50. The van der Waals surface area contributed by atoms with E-state index in [1.54, 1.807) is 16.7 Å². The molecule has 0 bridgehead atoms. The predicted molar refractivity (Wildman–Crippen MR) is 86.2 cm³/mol. The molecule has 6 heteroatoms. The Kier molecular flexibility index (Phi) is 5.21. The Morgan fingerprint density at radius 3 is 2.87 bits per heavy atom. The van der Waals surface area contributed by atoms with Crippen LogP contribution < -0.4 is 0 Å². The lowest BCUT2D eigenvalue weighted by Crippen LogP contribution is -2.43. The molecule has 1 aromatic carbocycles. The first-order valence-electron chi connectivity index (χ1n) is 8.04. The molecular formula is C17H21F2NO2S. The summed E-state index contributed by atoms with van der Waals surface area (Å²) in [5.74, 6) is -1.13. The molecule has 0 unspecified atom stereocenters. The number of thioether (sulfide) groups is 1. The minimum Gasteiger partial charge on any atom is -0.377 e. The molecule has 1 amide bonds. The summed E-state index contributed by atoms with van der Waals surface area (Å²) in [7, 11) is 0. The van der Waals surface area contributed by atoms with E-state index in [1.807, 2.05) is 6.92 Å². The second-order valence-electron chi connectivity index (χ2n) is 6.17. The van der Waals surface area contributed by atoms with Gasteiger partial charge in [0.1, 0.15) is 11.6 Å². The van der Waals surface area contributed by atoms with Crippen molar-refractivity contribution in [1.82, 2.24) is 4.90 Å². The standard InChI is InChI=1S/C17H21F2NO2S/c1-11-15(6-8-22-11)23-16-3-2-7-20(17(16)21)10-12-4-5-13(18)9-14(12)19/h4-5,9,11,15-16H,2-3,6-8,10H2,1H3/t11-,15+,16-/m0/s1. The summed E-state index contributed by atoms with van der Waals surface area (Å²) in [4.78, 5) is 14.4. The van der Waals surface area contributed by atoms with E-state index >= 15 is 0 Å². The minimum atomic E-state index is -0.597. The summed E-state index contributed by atoms with van der Waals surface area (Å²) < 4.78 is 32.4. The molecular weight excluding hydrogens is 320 g/mol. The van der Waals surface area contributed by atoms with Crippen molar-refractivity contribution in [3.63, 3.8) is 0 Å². The number of hydrogen-bond donors (Lipinski definition) is 0. The predicted octanol–water partition coefficient (Wildman–Crippen LogP) is 3.37. The number of hydrogen-bond acceptors (Lipinski definition) is 3. The maximum absolute atomic E-state index is 13.8. The lowest BCUT2D eigenvalue weighted by Gasteiger charge is -2.33. The first-order valence-corrected chi connectivity index (χ1v) is 8.98. The highest BCUT2D eigenvalue weighted by Gasteiger charge is 2.35. The maximum atomic E-state index is 13.8. The summed E-state index contributed by atoms with van der Waals surface area (Å²) in [6.07, 6.45) is 2.92. The van der Waals surface area contributed by atoms with Crippen molar-refractivity contribution in [3.8, 4) is 0 Å². The van der Waals surface area contributed by atoms with E-state index in [-0.39, 0.29) is 23.8 Å². The van der Waals surface area contributed by atoms with Gasteiger partial charge < -0.3 is 9.64 Å². The zero-order chi connectivity index (χ0) is 16.4. The Labute approximate surface area is 139 Å². The average molecular weight is 341 g/mol. The van der Waals surface area contributed by atoms with Crippen LogP contribution in [-0.4, -0.2) is 40.6 Å². The van der Waals surface area contributed by atoms with Crippen LogP contribution >= 0.6 is 11.8 Å². The van der Waals surface area contributed by atoms with E-state index in [9.17, 15) is 13.6 Å². The monoisotopic (exact) mass is 341 g/mol. The molecule has 0 saturated carbocycles. The Balaban J connectivity index is 1.64. The molecule has 0 N–H and O–H groups in total. The van der Waals surface area contributed by atoms with Gasteiger partial charge in [0.15, 0.2) is 0 Å². The van der Waals surface area contributed by atoms with E-state index < -0.39 is 11.6 Å². The fraction of sp³-hybridized carbons (Fsp3) is 0.588. The summed E-state index contributed by atoms with van der Waals surface area (Å²) in [6.45, 7) is 3.63. The molecule has 2 saturated heterocycles. The number of amides is 1. The number of carbonyl (C=O) groups excluding carboxylic acids is 1. The third kappa shape index (κ3) is 3.86. The lowest BCUT2D eigenvalue weighted by molar-refractivity contribution is -0.133. The Morgan fingerprint density at radius 1 is 1.35 bits per heavy atom. The van der Waals surface area contributed by atoms with Crippen molar-refractivity contribution in [3.05, 3.63) is 35.4 Å². The largest absolute Gasteiger partial charge is 0.377 e. The van der Waals surface area contributed by atoms with E-state index in [2.05, 4.69) is 0 Å². The summed E-state index contributed by atoms with van der Waals surface area (Å²) in [5, 5.41) is 0.271. The fourth-order valence-corrected chi connectivity index (χ4v) is 4.67. The van der Waals surface area contributed by atoms with Gasteiger partial charge in [0.2, 0.25) is 5.91 Å². The van der Waals surface area contributed by atoms with Gasteiger partial charge in [-0.3, -0.25) is 4.79 Å². The van der Waals surface area contributed by atoms with Crippen molar-refractivity contribution >= 4 is 17.7 Å². The normalized spacial score (nSPS) is 28.4. The minimum absolute atomic E-state index is 0.0593. The molecule has 3 nitrogen and oxygen atoms in total. The number of piperidine rings is 1. The molecule has 2 aliphatic heterocycles. The van der Waals surface area contributed by atoms with Crippen molar-refractivity contribution < 1.29 is 18.3 Å². The van der Waals surface area contributed by atoms with Gasteiger partial charge in [-0.2, -0.15) is 0 Å². The SMILES string of the molecule is C[C@@H]1OCC[C@H]1S[C@H]1CCCN(Cc2ccc(F)cc2F)C1=O. The molecule has 2 fully saturated rings. The van der Waals surface area contributed by atoms with Gasteiger partial charge in [0.05, 0.1) is 11.4 Å².